The maximum absolute atomic E-state index is 12.8. The van der Waals surface area contributed by atoms with Crippen molar-refractivity contribution in [1.82, 2.24) is 15.0 Å². The van der Waals surface area contributed by atoms with Crippen LogP contribution in [0.15, 0.2) is 53.1 Å². The van der Waals surface area contributed by atoms with E-state index >= 15 is 0 Å². The van der Waals surface area contributed by atoms with Gasteiger partial charge in [-0.2, -0.15) is 4.98 Å². The fourth-order valence-electron chi connectivity index (χ4n) is 4.15. The van der Waals surface area contributed by atoms with Crippen LogP contribution >= 0.6 is 0 Å². The number of rotatable bonds is 6. The van der Waals surface area contributed by atoms with Gasteiger partial charge in [-0.15, -0.1) is 0 Å². The van der Waals surface area contributed by atoms with Crippen molar-refractivity contribution >= 4 is 11.6 Å². The number of carbonyl (C=O) groups is 1. The summed E-state index contributed by atoms with van der Waals surface area (Å²) in [5.41, 5.74) is 4.23. The van der Waals surface area contributed by atoms with E-state index in [1.807, 2.05) is 49.4 Å². The minimum Gasteiger partial charge on any atom is -0.338 e. The molecule has 0 atom stereocenters. The van der Waals surface area contributed by atoms with Crippen LogP contribution in [0, 0.1) is 12.8 Å². The van der Waals surface area contributed by atoms with E-state index in [0.29, 0.717) is 24.2 Å². The lowest BCUT2D eigenvalue weighted by Crippen LogP contribution is -2.38. The molecule has 1 N–H and O–H groups in total. The Balaban J connectivity index is 1.31. The maximum atomic E-state index is 12.8. The SMILES string of the molecule is Cc1ccccc1-c1noc(CN2CCC(C(=O)Nc3ccccc3C(C)C)CC2)n1. The Kier molecular flexibility index (Phi) is 6.47. The summed E-state index contributed by atoms with van der Waals surface area (Å²) in [7, 11) is 0. The average Bonchev–Trinajstić information content (AvgIpc) is 3.23. The zero-order valence-corrected chi connectivity index (χ0v) is 18.5. The van der Waals surface area contributed by atoms with Crippen molar-refractivity contribution in [1.29, 1.82) is 0 Å². The summed E-state index contributed by atoms with van der Waals surface area (Å²) in [6, 6.07) is 16.1. The second kappa shape index (κ2) is 9.43. The molecule has 31 heavy (non-hydrogen) atoms. The Morgan fingerprint density at radius 3 is 2.58 bits per heavy atom. The minimum atomic E-state index is 0.0293. The summed E-state index contributed by atoms with van der Waals surface area (Å²) in [5.74, 6) is 1.77. The molecule has 0 unspecified atom stereocenters. The number of nitrogens with zero attached hydrogens (tertiary/aromatic N) is 3. The standard InChI is InChI=1S/C25H30N4O2/c1-17(2)20-9-6-7-11-22(20)26-25(30)19-12-14-29(15-13-19)16-23-27-24(28-31-23)21-10-5-4-8-18(21)3/h4-11,17,19H,12-16H2,1-3H3,(H,26,30). The Labute approximate surface area is 183 Å². The predicted molar refractivity (Wildman–Crippen MR) is 122 cm³/mol. The van der Waals surface area contributed by atoms with Gasteiger partial charge in [-0.05, 0) is 56.0 Å². The van der Waals surface area contributed by atoms with Crippen molar-refractivity contribution in [3.8, 4) is 11.4 Å². The van der Waals surface area contributed by atoms with Crippen LogP contribution in [0.5, 0.6) is 0 Å². The molecule has 6 nitrogen and oxygen atoms in total. The van der Waals surface area contributed by atoms with Gasteiger partial charge < -0.3 is 9.84 Å². The second-order valence-electron chi connectivity index (χ2n) is 8.61. The number of anilines is 1. The van der Waals surface area contributed by atoms with Gasteiger partial charge >= 0.3 is 0 Å². The number of aryl methyl sites for hydroxylation is 1. The number of benzene rings is 2. The Morgan fingerprint density at radius 2 is 1.84 bits per heavy atom. The number of amides is 1. The van der Waals surface area contributed by atoms with E-state index in [-0.39, 0.29) is 11.8 Å². The summed E-state index contributed by atoms with van der Waals surface area (Å²) in [5, 5.41) is 7.30. The van der Waals surface area contributed by atoms with Crippen LogP contribution < -0.4 is 5.32 Å². The lowest BCUT2D eigenvalue weighted by molar-refractivity contribution is -0.121. The zero-order chi connectivity index (χ0) is 21.8. The second-order valence-corrected chi connectivity index (χ2v) is 8.61. The molecule has 1 aliphatic rings. The van der Waals surface area contributed by atoms with Crippen molar-refractivity contribution in [3.63, 3.8) is 0 Å². The number of carbonyl (C=O) groups excluding carboxylic acids is 1. The monoisotopic (exact) mass is 418 g/mol. The molecule has 0 saturated carbocycles. The Hall–Kier alpha value is -2.99. The number of likely N-dealkylation sites (tertiary alicyclic amines) is 1. The summed E-state index contributed by atoms with van der Waals surface area (Å²) >= 11 is 0. The third kappa shape index (κ3) is 5.02. The largest absolute Gasteiger partial charge is 0.338 e. The summed E-state index contributed by atoms with van der Waals surface area (Å²) < 4.78 is 5.48. The number of nitrogens with one attached hydrogen (secondary N) is 1. The number of piperidine rings is 1. The lowest BCUT2D eigenvalue weighted by atomic mass is 9.95. The first-order valence-corrected chi connectivity index (χ1v) is 11.0. The zero-order valence-electron chi connectivity index (χ0n) is 18.5. The van der Waals surface area contributed by atoms with Crippen molar-refractivity contribution in [2.75, 3.05) is 18.4 Å². The molecule has 1 fully saturated rings. The first kappa shape index (κ1) is 21.2. The highest BCUT2D eigenvalue weighted by molar-refractivity contribution is 5.93. The van der Waals surface area contributed by atoms with Gasteiger partial charge in [0.2, 0.25) is 17.6 Å². The molecule has 2 heterocycles. The van der Waals surface area contributed by atoms with E-state index in [2.05, 4.69) is 40.3 Å². The molecule has 162 valence electrons. The van der Waals surface area contributed by atoms with Crippen LogP contribution in [0.25, 0.3) is 11.4 Å². The van der Waals surface area contributed by atoms with Gasteiger partial charge in [0.15, 0.2) is 0 Å². The molecule has 0 radical (unpaired) electrons. The normalized spacial score (nSPS) is 15.4. The number of hydrogen-bond donors (Lipinski definition) is 1. The van der Waals surface area contributed by atoms with Gasteiger partial charge in [0.05, 0.1) is 6.54 Å². The van der Waals surface area contributed by atoms with Gasteiger partial charge in [0.1, 0.15) is 0 Å². The number of hydrogen-bond acceptors (Lipinski definition) is 5. The summed E-state index contributed by atoms with van der Waals surface area (Å²) in [4.78, 5) is 19.7. The van der Waals surface area contributed by atoms with E-state index in [0.717, 1.165) is 42.7 Å². The maximum Gasteiger partial charge on any atom is 0.241 e. The molecule has 2 aromatic carbocycles. The lowest BCUT2D eigenvalue weighted by Gasteiger charge is -2.30. The molecule has 6 heteroatoms. The fraction of sp³-hybridized carbons (Fsp3) is 0.400. The third-order valence-electron chi connectivity index (χ3n) is 6.01. The quantitative estimate of drug-likeness (QED) is 0.609. The van der Waals surface area contributed by atoms with Crippen molar-refractivity contribution in [2.45, 2.75) is 46.1 Å². The van der Waals surface area contributed by atoms with E-state index in [4.69, 9.17) is 4.52 Å². The highest BCUT2D eigenvalue weighted by Crippen LogP contribution is 2.26. The van der Waals surface area contributed by atoms with Crippen LogP contribution in [0.1, 0.15) is 49.6 Å². The number of aromatic nitrogens is 2. The predicted octanol–water partition coefficient (Wildman–Crippen LogP) is 5.02. The topological polar surface area (TPSA) is 71.3 Å². The van der Waals surface area contributed by atoms with Crippen LogP contribution in [0.2, 0.25) is 0 Å². The van der Waals surface area contributed by atoms with Crippen LogP contribution in [0.4, 0.5) is 5.69 Å². The number of para-hydroxylation sites is 1. The van der Waals surface area contributed by atoms with Crippen molar-refractivity contribution in [3.05, 3.63) is 65.5 Å². The first-order chi connectivity index (χ1) is 15.0. The van der Waals surface area contributed by atoms with Gasteiger partial charge in [-0.3, -0.25) is 9.69 Å². The Morgan fingerprint density at radius 1 is 1.13 bits per heavy atom. The van der Waals surface area contributed by atoms with Crippen LogP contribution in [0.3, 0.4) is 0 Å². The fourth-order valence-corrected chi connectivity index (χ4v) is 4.15. The van der Waals surface area contributed by atoms with Gasteiger partial charge in [-0.1, -0.05) is 61.5 Å². The molecular formula is C25H30N4O2. The molecule has 0 aliphatic carbocycles. The third-order valence-corrected chi connectivity index (χ3v) is 6.01. The molecule has 1 amide bonds. The summed E-state index contributed by atoms with van der Waals surface area (Å²) in [6.07, 6.45) is 1.66. The van der Waals surface area contributed by atoms with Gasteiger partial charge in [-0.25, -0.2) is 0 Å². The first-order valence-electron chi connectivity index (χ1n) is 11.0. The molecule has 0 bridgehead atoms. The van der Waals surface area contributed by atoms with Crippen molar-refractivity contribution < 1.29 is 9.32 Å². The van der Waals surface area contributed by atoms with Crippen LogP contribution in [-0.4, -0.2) is 34.0 Å². The van der Waals surface area contributed by atoms with E-state index < -0.39 is 0 Å². The Bertz CT molecular complexity index is 1040. The molecule has 1 saturated heterocycles. The summed E-state index contributed by atoms with van der Waals surface area (Å²) in [6.45, 7) is 8.62. The highest BCUT2D eigenvalue weighted by atomic mass is 16.5. The average molecular weight is 419 g/mol. The van der Waals surface area contributed by atoms with Crippen molar-refractivity contribution in [2.24, 2.45) is 5.92 Å². The molecule has 1 aromatic heterocycles. The van der Waals surface area contributed by atoms with Gasteiger partial charge in [0.25, 0.3) is 0 Å². The molecular weight excluding hydrogens is 388 g/mol. The molecule has 0 spiro atoms. The molecule has 4 rings (SSSR count). The van der Waals surface area contributed by atoms with E-state index in [1.54, 1.807) is 0 Å². The van der Waals surface area contributed by atoms with Gasteiger partial charge in [0, 0.05) is 17.2 Å². The van der Waals surface area contributed by atoms with E-state index in [1.165, 1.54) is 5.56 Å². The smallest absolute Gasteiger partial charge is 0.241 e. The minimum absolute atomic E-state index is 0.0293. The highest BCUT2D eigenvalue weighted by Gasteiger charge is 2.26. The molecule has 3 aromatic rings. The molecule has 1 aliphatic heterocycles. The van der Waals surface area contributed by atoms with Crippen LogP contribution in [-0.2, 0) is 11.3 Å². The van der Waals surface area contributed by atoms with E-state index in [9.17, 15) is 4.79 Å².